The molecule has 2 amide bonds. The number of piperazine rings is 1. The Morgan fingerprint density at radius 3 is 2.42 bits per heavy atom. The molecule has 0 aromatic heterocycles. The number of nitrogens with zero attached hydrogens (tertiary/aromatic N) is 2. The predicted molar refractivity (Wildman–Crippen MR) is 122 cm³/mol. The molecular weight excluding hydrogens is 397 g/mol. The van der Waals surface area contributed by atoms with Crippen LogP contribution in [0.3, 0.4) is 0 Å². The highest BCUT2D eigenvalue weighted by Crippen LogP contribution is 2.27. The summed E-state index contributed by atoms with van der Waals surface area (Å²) in [5.74, 6) is -0.0373. The highest BCUT2D eigenvalue weighted by atomic mass is 19.1. The molecule has 2 saturated heterocycles. The number of rotatable bonds is 5. The number of carbonyl (C=O) groups is 2. The van der Waals surface area contributed by atoms with Gasteiger partial charge in [-0.2, -0.15) is 0 Å². The second-order valence-electron chi connectivity index (χ2n) is 8.61. The van der Waals surface area contributed by atoms with E-state index in [0.29, 0.717) is 24.2 Å². The van der Waals surface area contributed by atoms with Crippen LogP contribution in [0.2, 0.25) is 0 Å². The minimum Gasteiger partial charge on any atom is -0.374 e. The van der Waals surface area contributed by atoms with Crippen molar-refractivity contribution in [2.24, 2.45) is 11.7 Å². The largest absolute Gasteiger partial charge is 0.374 e. The van der Waals surface area contributed by atoms with E-state index in [1.165, 1.54) is 51.8 Å². The van der Waals surface area contributed by atoms with Gasteiger partial charge in [-0.1, -0.05) is 19.3 Å². The van der Waals surface area contributed by atoms with Crippen LogP contribution in [0.1, 0.15) is 44.9 Å². The van der Waals surface area contributed by atoms with Crippen molar-refractivity contribution in [1.82, 2.24) is 10.2 Å². The van der Waals surface area contributed by atoms with E-state index in [4.69, 9.17) is 0 Å². The Bertz CT molecular complexity index is 745. The summed E-state index contributed by atoms with van der Waals surface area (Å²) in [4.78, 5) is 27.8. The Kier molecular flexibility index (Phi) is 8.66. The molecule has 3 aliphatic rings. The summed E-state index contributed by atoms with van der Waals surface area (Å²) < 4.78 is 14.8. The summed E-state index contributed by atoms with van der Waals surface area (Å²) >= 11 is 0. The van der Waals surface area contributed by atoms with Crippen molar-refractivity contribution in [3.8, 4) is 0 Å². The van der Waals surface area contributed by atoms with Crippen LogP contribution in [0.5, 0.6) is 0 Å². The first-order chi connectivity index (χ1) is 15.1. The normalized spacial score (nSPS) is 23.1. The van der Waals surface area contributed by atoms with Gasteiger partial charge in [0.15, 0.2) is 0 Å². The standard InChI is InChI=1S/C22H31FN4O2.CH5N/c23-18-14-17(24-19-7-9-21(28)25-22(19)29)6-8-20(18)27-12-10-26(11-13-27)15-16-4-2-1-3-5-16;1-2/h6,8,14,16,19,24H,1-5,7,9-13,15H2,(H,25,28,29);2H2,1H3. The molecule has 2 heterocycles. The molecule has 0 spiro atoms. The Balaban J connectivity index is 0.00000132. The van der Waals surface area contributed by atoms with Crippen LogP contribution >= 0.6 is 0 Å². The average molecular weight is 434 g/mol. The monoisotopic (exact) mass is 433 g/mol. The molecule has 1 unspecified atom stereocenters. The number of hydrogen-bond donors (Lipinski definition) is 3. The van der Waals surface area contributed by atoms with Crippen molar-refractivity contribution in [2.45, 2.75) is 51.0 Å². The fourth-order valence-corrected chi connectivity index (χ4v) is 4.79. The minimum absolute atomic E-state index is 0.253. The number of amides is 2. The molecule has 1 atom stereocenters. The summed E-state index contributed by atoms with van der Waals surface area (Å²) in [7, 11) is 1.50. The van der Waals surface area contributed by atoms with Gasteiger partial charge in [0.1, 0.15) is 11.9 Å². The van der Waals surface area contributed by atoms with Crippen molar-refractivity contribution < 1.29 is 14.0 Å². The van der Waals surface area contributed by atoms with Crippen LogP contribution in [-0.2, 0) is 9.59 Å². The maximum absolute atomic E-state index is 14.8. The van der Waals surface area contributed by atoms with Crippen molar-refractivity contribution in [3.63, 3.8) is 0 Å². The predicted octanol–water partition coefficient (Wildman–Crippen LogP) is 2.32. The van der Waals surface area contributed by atoms with Crippen molar-refractivity contribution in [2.75, 3.05) is 50.0 Å². The van der Waals surface area contributed by atoms with Gasteiger partial charge in [-0.25, -0.2) is 4.39 Å². The van der Waals surface area contributed by atoms with Crippen LogP contribution in [0, 0.1) is 11.7 Å². The Hall–Kier alpha value is -2.19. The number of benzene rings is 1. The molecule has 4 rings (SSSR count). The highest BCUT2D eigenvalue weighted by Gasteiger charge is 2.27. The highest BCUT2D eigenvalue weighted by molar-refractivity contribution is 6.01. The Morgan fingerprint density at radius 1 is 1.06 bits per heavy atom. The van der Waals surface area contributed by atoms with Gasteiger partial charge in [-0.3, -0.25) is 19.8 Å². The molecule has 8 heteroatoms. The molecule has 1 saturated carbocycles. The number of imide groups is 1. The topological polar surface area (TPSA) is 90.7 Å². The van der Waals surface area contributed by atoms with E-state index >= 15 is 0 Å². The van der Waals surface area contributed by atoms with Crippen LogP contribution in [0.15, 0.2) is 18.2 Å². The number of nitrogens with one attached hydrogen (secondary N) is 2. The number of anilines is 2. The third kappa shape index (κ3) is 6.40. The first-order valence-corrected chi connectivity index (χ1v) is 11.5. The van der Waals surface area contributed by atoms with Crippen LogP contribution < -0.4 is 21.3 Å². The lowest BCUT2D eigenvalue weighted by Crippen LogP contribution is -2.48. The number of carbonyl (C=O) groups excluding carboxylic acids is 2. The molecule has 0 bridgehead atoms. The molecule has 172 valence electrons. The first kappa shape index (κ1) is 23.5. The molecule has 1 aromatic rings. The zero-order valence-electron chi connectivity index (χ0n) is 18.5. The molecule has 4 N–H and O–H groups in total. The van der Waals surface area contributed by atoms with Gasteiger partial charge in [-0.05, 0) is 50.4 Å². The Labute approximate surface area is 184 Å². The van der Waals surface area contributed by atoms with Crippen LogP contribution in [-0.4, -0.2) is 62.5 Å². The third-order valence-electron chi connectivity index (χ3n) is 6.48. The first-order valence-electron chi connectivity index (χ1n) is 11.5. The maximum Gasteiger partial charge on any atom is 0.249 e. The lowest BCUT2D eigenvalue weighted by atomic mass is 9.89. The summed E-state index contributed by atoms with van der Waals surface area (Å²) in [6, 6.07) is 4.56. The van der Waals surface area contributed by atoms with E-state index in [1.807, 2.05) is 6.07 Å². The molecule has 7 nitrogen and oxygen atoms in total. The molecule has 3 fully saturated rings. The van der Waals surface area contributed by atoms with Gasteiger partial charge in [0.2, 0.25) is 11.8 Å². The van der Waals surface area contributed by atoms with E-state index in [-0.39, 0.29) is 17.6 Å². The average Bonchev–Trinajstić information content (AvgIpc) is 2.79. The molecule has 2 aliphatic heterocycles. The summed E-state index contributed by atoms with van der Waals surface area (Å²) in [5, 5.41) is 5.36. The fourth-order valence-electron chi connectivity index (χ4n) is 4.79. The summed E-state index contributed by atoms with van der Waals surface area (Å²) in [6.07, 6.45) is 7.57. The zero-order chi connectivity index (χ0) is 22.2. The molecular formula is C23H36FN5O2. The summed E-state index contributed by atoms with van der Waals surface area (Å²) in [5.41, 5.74) is 5.69. The van der Waals surface area contributed by atoms with E-state index in [0.717, 1.165) is 32.1 Å². The van der Waals surface area contributed by atoms with Gasteiger partial charge in [0.05, 0.1) is 5.69 Å². The van der Waals surface area contributed by atoms with E-state index < -0.39 is 6.04 Å². The van der Waals surface area contributed by atoms with Gasteiger partial charge in [-0.15, -0.1) is 0 Å². The van der Waals surface area contributed by atoms with Gasteiger partial charge >= 0.3 is 0 Å². The van der Waals surface area contributed by atoms with Gasteiger partial charge in [0.25, 0.3) is 0 Å². The number of piperidine rings is 1. The number of hydrogen-bond acceptors (Lipinski definition) is 6. The van der Waals surface area contributed by atoms with Crippen LogP contribution in [0.4, 0.5) is 15.8 Å². The van der Waals surface area contributed by atoms with E-state index in [2.05, 4.69) is 26.2 Å². The van der Waals surface area contributed by atoms with Crippen molar-refractivity contribution in [3.05, 3.63) is 24.0 Å². The summed E-state index contributed by atoms with van der Waals surface area (Å²) in [6.45, 7) is 4.82. The second-order valence-corrected chi connectivity index (χ2v) is 8.61. The molecule has 31 heavy (non-hydrogen) atoms. The van der Waals surface area contributed by atoms with Gasteiger partial charge in [0, 0.05) is 44.8 Å². The molecule has 1 aliphatic carbocycles. The third-order valence-corrected chi connectivity index (χ3v) is 6.48. The van der Waals surface area contributed by atoms with Crippen molar-refractivity contribution in [1.29, 1.82) is 0 Å². The quantitative estimate of drug-likeness (QED) is 0.618. The minimum atomic E-state index is -0.499. The van der Waals surface area contributed by atoms with Gasteiger partial charge < -0.3 is 16.0 Å². The lowest BCUT2D eigenvalue weighted by molar-refractivity contribution is -0.133. The van der Waals surface area contributed by atoms with E-state index in [9.17, 15) is 14.0 Å². The molecule has 0 radical (unpaired) electrons. The Morgan fingerprint density at radius 2 is 1.77 bits per heavy atom. The molecule has 1 aromatic carbocycles. The fraction of sp³-hybridized carbons (Fsp3) is 0.652. The second kappa shape index (κ2) is 11.4. The zero-order valence-corrected chi connectivity index (χ0v) is 18.5. The smallest absolute Gasteiger partial charge is 0.249 e. The van der Waals surface area contributed by atoms with Crippen molar-refractivity contribution >= 4 is 23.2 Å². The van der Waals surface area contributed by atoms with Crippen LogP contribution in [0.25, 0.3) is 0 Å². The lowest BCUT2D eigenvalue weighted by Gasteiger charge is -2.38. The number of halogens is 1. The maximum atomic E-state index is 14.8. The SMILES string of the molecule is CN.O=C1CCC(Nc2ccc(N3CCN(CC4CCCCC4)CC3)c(F)c2)C(=O)N1. The number of nitrogens with two attached hydrogens (primary N) is 1. The van der Waals surface area contributed by atoms with E-state index in [1.54, 1.807) is 6.07 Å².